The molecule has 0 aromatic rings. The molecule has 0 amide bonds. The van der Waals surface area contributed by atoms with E-state index < -0.39 is 0 Å². The van der Waals surface area contributed by atoms with Gasteiger partial charge in [0.1, 0.15) is 0 Å². The molecule has 3 atom stereocenters. The van der Waals surface area contributed by atoms with E-state index >= 15 is 0 Å². The van der Waals surface area contributed by atoms with Gasteiger partial charge in [-0.3, -0.25) is 0 Å². The molecule has 0 radical (unpaired) electrons. The summed E-state index contributed by atoms with van der Waals surface area (Å²) in [5.41, 5.74) is 0. The maximum atomic E-state index is 9.44. The highest BCUT2D eigenvalue weighted by molar-refractivity contribution is 5.04. The van der Waals surface area contributed by atoms with Gasteiger partial charge in [-0.15, -0.1) is 0 Å². The van der Waals surface area contributed by atoms with Gasteiger partial charge in [-0.2, -0.15) is 0 Å². The van der Waals surface area contributed by atoms with Crippen molar-refractivity contribution in [1.82, 2.24) is 0 Å². The first-order chi connectivity index (χ1) is 5.80. The maximum absolute atomic E-state index is 9.44. The molecule has 3 aliphatic rings. The lowest BCUT2D eigenvalue weighted by Gasteiger charge is -2.47. The minimum absolute atomic E-state index is 0.104. The summed E-state index contributed by atoms with van der Waals surface area (Å²) in [7, 11) is 0. The van der Waals surface area contributed by atoms with Gasteiger partial charge >= 0.3 is 0 Å². The van der Waals surface area contributed by atoms with E-state index in [4.69, 9.17) is 9.47 Å². The normalized spacial score (nSPS) is 49.2. The van der Waals surface area contributed by atoms with Crippen molar-refractivity contribution >= 4 is 0 Å². The van der Waals surface area contributed by atoms with Crippen molar-refractivity contribution in [2.45, 2.75) is 31.2 Å². The van der Waals surface area contributed by atoms with Crippen molar-refractivity contribution in [3.05, 3.63) is 0 Å². The number of ether oxygens (including phenoxy) is 2. The molecule has 1 N–H and O–H groups in total. The standard InChI is InChI=1S/C9H14O3/c10-7-3-6-5-9(8(6)4-7)11-1-2-12-9/h6-8,10H,1-5H2/t6-,7?,8?/m1/s1. The molecule has 1 aliphatic heterocycles. The third kappa shape index (κ3) is 0.767. The lowest BCUT2D eigenvalue weighted by molar-refractivity contribution is -0.267. The van der Waals surface area contributed by atoms with E-state index in [1.807, 2.05) is 0 Å². The van der Waals surface area contributed by atoms with Crippen molar-refractivity contribution in [3.8, 4) is 0 Å². The second-order valence-corrected chi connectivity index (χ2v) is 4.20. The zero-order valence-corrected chi connectivity index (χ0v) is 7.03. The Hall–Kier alpha value is -0.120. The molecule has 68 valence electrons. The second-order valence-electron chi connectivity index (χ2n) is 4.20. The molecule has 3 nitrogen and oxygen atoms in total. The Bertz CT molecular complexity index is 198. The molecule has 2 saturated carbocycles. The molecule has 3 fully saturated rings. The highest BCUT2D eigenvalue weighted by Gasteiger charge is 2.61. The van der Waals surface area contributed by atoms with Crippen LogP contribution < -0.4 is 0 Å². The zero-order valence-electron chi connectivity index (χ0n) is 7.03. The van der Waals surface area contributed by atoms with E-state index in [1.54, 1.807) is 0 Å². The minimum Gasteiger partial charge on any atom is -0.393 e. The monoisotopic (exact) mass is 170 g/mol. The van der Waals surface area contributed by atoms with Crippen LogP contribution in [0.4, 0.5) is 0 Å². The SMILES string of the molecule is OC1CC2[C@H](C1)CC21OCCO1. The van der Waals surface area contributed by atoms with Gasteiger partial charge in [0.05, 0.1) is 19.3 Å². The van der Waals surface area contributed by atoms with Crippen LogP contribution in [0.3, 0.4) is 0 Å². The fraction of sp³-hybridized carbons (Fsp3) is 1.00. The highest BCUT2D eigenvalue weighted by atomic mass is 16.7. The third-order valence-electron chi connectivity index (χ3n) is 3.56. The number of hydrogen-bond donors (Lipinski definition) is 1. The first kappa shape index (κ1) is 7.30. The smallest absolute Gasteiger partial charge is 0.171 e. The Morgan fingerprint density at radius 1 is 1.17 bits per heavy atom. The zero-order chi connectivity index (χ0) is 8.18. The van der Waals surface area contributed by atoms with Crippen LogP contribution in [0, 0.1) is 11.8 Å². The summed E-state index contributed by atoms with van der Waals surface area (Å²) in [5, 5.41) is 9.44. The number of aliphatic hydroxyl groups excluding tert-OH is 1. The van der Waals surface area contributed by atoms with Crippen molar-refractivity contribution in [1.29, 1.82) is 0 Å². The van der Waals surface area contributed by atoms with Crippen molar-refractivity contribution < 1.29 is 14.6 Å². The van der Waals surface area contributed by atoms with E-state index in [1.165, 1.54) is 0 Å². The predicted octanol–water partition coefficient (Wildman–Crippen LogP) is 0.520. The fourth-order valence-electron chi connectivity index (χ4n) is 3.02. The van der Waals surface area contributed by atoms with Gasteiger partial charge in [0, 0.05) is 12.3 Å². The van der Waals surface area contributed by atoms with Crippen molar-refractivity contribution in [2.75, 3.05) is 13.2 Å². The van der Waals surface area contributed by atoms with Crippen LogP contribution in [0.25, 0.3) is 0 Å². The molecule has 0 bridgehead atoms. The van der Waals surface area contributed by atoms with Gasteiger partial charge in [-0.1, -0.05) is 0 Å². The summed E-state index contributed by atoms with van der Waals surface area (Å²) in [5.74, 6) is 0.885. The molecule has 0 aromatic carbocycles. The highest BCUT2D eigenvalue weighted by Crippen LogP contribution is 2.57. The third-order valence-corrected chi connectivity index (χ3v) is 3.56. The lowest BCUT2D eigenvalue weighted by atomic mass is 9.70. The van der Waals surface area contributed by atoms with Crippen LogP contribution in [0.2, 0.25) is 0 Å². The summed E-state index contributed by atoms with van der Waals surface area (Å²) in [6.45, 7) is 1.47. The van der Waals surface area contributed by atoms with Crippen LogP contribution in [0.1, 0.15) is 19.3 Å². The quantitative estimate of drug-likeness (QED) is 0.576. The van der Waals surface area contributed by atoms with Crippen LogP contribution >= 0.6 is 0 Å². The first-order valence-corrected chi connectivity index (χ1v) is 4.76. The van der Waals surface area contributed by atoms with Gasteiger partial charge in [-0.05, 0) is 18.8 Å². The summed E-state index contributed by atoms with van der Waals surface area (Å²) in [4.78, 5) is 0. The molecule has 3 heteroatoms. The van der Waals surface area contributed by atoms with Crippen LogP contribution in [0.15, 0.2) is 0 Å². The molecule has 12 heavy (non-hydrogen) atoms. The van der Waals surface area contributed by atoms with Crippen LogP contribution in [0.5, 0.6) is 0 Å². The molecular weight excluding hydrogens is 156 g/mol. The van der Waals surface area contributed by atoms with Gasteiger partial charge in [-0.25, -0.2) is 0 Å². The Balaban J connectivity index is 1.78. The Morgan fingerprint density at radius 3 is 2.58 bits per heavy atom. The molecule has 1 saturated heterocycles. The van der Waals surface area contributed by atoms with E-state index in [0.717, 1.165) is 32.5 Å². The topological polar surface area (TPSA) is 38.7 Å². The van der Waals surface area contributed by atoms with Crippen LogP contribution in [-0.2, 0) is 9.47 Å². The number of rotatable bonds is 0. The number of fused-ring (bicyclic) bond motifs is 2. The fourth-order valence-corrected chi connectivity index (χ4v) is 3.02. The summed E-state index contributed by atoms with van der Waals surface area (Å²) < 4.78 is 11.2. The molecule has 2 aliphatic carbocycles. The molecule has 1 spiro atoms. The molecule has 1 heterocycles. The predicted molar refractivity (Wildman–Crippen MR) is 41.5 cm³/mol. The van der Waals surface area contributed by atoms with E-state index in [0.29, 0.717) is 11.8 Å². The maximum Gasteiger partial charge on any atom is 0.171 e. The van der Waals surface area contributed by atoms with Gasteiger partial charge in [0.2, 0.25) is 0 Å². The largest absolute Gasteiger partial charge is 0.393 e. The van der Waals surface area contributed by atoms with Crippen LogP contribution in [-0.4, -0.2) is 30.2 Å². The average Bonchev–Trinajstić information content (AvgIpc) is 2.57. The first-order valence-electron chi connectivity index (χ1n) is 4.76. The number of hydrogen-bond acceptors (Lipinski definition) is 3. The molecule has 2 unspecified atom stereocenters. The Kier molecular flexibility index (Phi) is 1.35. The summed E-state index contributed by atoms with van der Waals surface area (Å²) in [6.07, 6.45) is 2.74. The van der Waals surface area contributed by atoms with Gasteiger partial charge in [0.25, 0.3) is 0 Å². The van der Waals surface area contributed by atoms with Gasteiger partial charge < -0.3 is 14.6 Å². The van der Waals surface area contributed by atoms with Gasteiger partial charge in [0.15, 0.2) is 5.79 Å². The molecular formula is C9H14O3. The van der Waals surface area contributed by atoms with E-state index in [2.05, 4.69) is 0 Å². The summed E-state index contributed by atoms with van der Waals surface area (Å²) in [6, 6.07) is 0. The Morgan fingerprint density at radius 2 is 1.92 bits per heavy atom. The minimum atomic E-state index is -0.262. The lowest BCUT2D eigenvalue weighted by Crippen LogP contribution is -2.52. The van der Waals surface area contributed by atoms with Crippen molar-refractivity contribution in [2.24, 2.45) is 11.8 Å². The van der Waals surface area contributed by atoms with E-state index in [9.17, 15) is 5.11 Å². The van der Waals surface area contributed by atoms with Crippen molar-refractivity contribution in [3.63, 3.8) is 0 Å². The molecule has 0 aromatic heterocycles. The average molecular weight is 170 g/mol. The Labute approximate surface area is 71.7 Å². The van der Waals surface area contributed by atoms with E-state index in [-0.39, 0.29) is 11.9 Å². The summed E-state index contributed by atoms with van der Waals surface area (Å²) >= 11 is 0. The molecule has 3 rings (SSSR count). The number of aliphatic hydroxyl groups is 1. The second kappa shape index (κ2) is 2.22.